The monoisotopic (exact) mass is 172 g/mol. The first-order chi connectivity index (χ1) is 5.18. The van der Waals surface area contributed by atoms with Crippen LogP contribution in [0.5, 0.6) is 0 Å². The number of nitrogens with zero attached hydrogens (tertiary/aromatic N) is 2. The van der Waals surface area contributed by atoms with E-state index in [-0.39, 0.29) is 0 Å². The smallest absolute Gasteiger partial charge is 0.130 e. The van der Waals surface area contributed by atoms with E-state index in [0.717, 1.165) is 0 Å². The predicted octanol–water partition coefficient (Wildman–Crippen LogP) is 1.05. The maximum absolute atomic E-state index is 8.96. The van der Waals surface area contributed by atoms with Crippen molar-refractivity contribution in [3.63, 3.8) is 0 Å². The van der Waals surface area contributed by atoms with Crippen LogP contribution in [0, 0.1) is 0 Å². The number of aromatic nitrogens is 2. The highest BCUT2D eigenvalue weighted by Gasteiger charge is 2.00. The molecule has 0 aromatic carbocycles. The summed E-state index contributed by atoms with van der Waals surface area (Å²) in [4.78, 5) is 7.83. The van der Waals surface area contributed by atoms with Crippen molar-refractivity contribution in [2.75, 3.05) is 0 Å². The van der Waals surface area contributed by atoms with E-state index in [2.05, 4.69) is 9.97 Å². The van der Waals surface area contributed by atoms with Gasteiger partial charge in [-0.25, -0.2) is 9.97 Å². The number of aliphatic hydroxyl groups excluding tert-OH is 1. The van der Waals surface area contributed by atoms with Crippen LogP contribution in [-0.4, -0.2) is 21.2 Å². The van der Waals surface area contributed by atoms with Crippen molar-refractivity contribution in [3.05, 3.63) is 23.2 Å². The van der Waals surface area contributed by atoms with Crippen molar-refractivity contribution in [1.82, 2.24) is 9.97 Å². The molecular formula is C7H9ClN2O. The quantitative estimate of drug-likeness (QED) is 0.726. The lowest BCUT2D eigenvalue weighted by Gasteiger charge is -2.00. The van der Waals surface area contributed by atoms with E-state index in [1.165, 1.54) is 12.4 Å². The van der Waals surface area contributed by atoms with Gasteiger partial charge < -0.3 is 5.11 Å². The average Bonchev–Trinajstić information content (AvgIpc) is 1.93. The summed E-state index contributed by atoms with van der Waals surface area (Å²) in [5.41, 5.74) is 0. The standard InChI is InChI=1S/C7H9ClN2O/c1-5(11)2-7-9-3-6(8)4-10-7/h3-5,11H,2H2,1H3. The molecule has 1 unspecified atom stereocenters. The molecule has 1 aromatic rings. The molecule has 0 saturated carbocycles. The Morgan fingerprint density at radius 3 is 2.55 bits per heavy atom. The van der Waals surface area contributed by atoms with E-state index in [1.54, 1.807) is 6.92 Å². The molecule has 0 aliphatic rings. The first kappa shape index (κ1) is 8.43. The van der Waals surface area contributed by atoms with Crippen LogP contribution in [0.3, 0.4) is 0 Å². The average molecular weight is 173 g/mol. The summed E-state index contributed by atoms with van der Waals surface area (Å²) >= 11 is 5.56. The third-order valence-corrected chi connectivity index (χ3v) is 1.35. The lowest BCUT2D eigenvalue weighted by atomic mass is 10.3. The number of hydrogen-bond acceptors (Lipinski definition) is 3. The predicted molar refractivity (Wildman–Crippen MR) is 42.4 cm³/mol. The van der Waals surface area contributed by atoms with Gasteiger partial charge in [-0.1, -0.05) is 11.6 Å². The Morgan fingerprint density at radius 1 is 1.55 bits per heavy atom. The third-order valence-electron chi connectivity index (χ3n) is 1.15. The van der Waals surface area contributed by atoms with E-state index in [4.69, 9.17) is 16.7 Å². The van der Waals surface area contributed by atoms with Gasteiger partial charge in [0.25, 0.3) is 0 Å². The van der Waals surface area contributed by atoms with E-state index in [0.29, 0.717) is 17.3 Å². The molecule has 0 spiro atoms. The Morgan fingerprint density at radius 2 is 2.09 bits per heavy atom. The maximum Gasteiger partial charge on any atom is 0.130 e. The minimum absolute atomic E-state index is 0.406. The molecular weight excluding hydrogens is 164 g/mol. The van der Waals surface area contributed by atoms with E-state index in [9.17, 15) is 0 Å². The topological polar surface area (TPSA) is 46.0 Å². The largest absolute Gasteiger partial charge is 0.393 e. The highest BCUT2D eigenvalue weighted by atomic mass is 35.5. The molecule has 11 heavy (non-hydrogen) atoms. The van der Waals surface area contributed by atoms with Crippen LogP contribution >= 0.6 is 11.6 Å². The van der Waals surface area contributed by atoms with Crippen LogP contribution in [0.2, 0.25) is 5.02 Å². The van der Waals surface area contributed by atoms with Crippen LogP contribution in [0.25, 0.3) is 0 Å². The van der Waals surface area contributed by atoms with E-state index >= 15 is 0 Å². The van der Waals surface area contributed by atoms with Gasteiger partial charge in [-0.15, -0.1) is 0 Å². The van der Waals surface area contributed by atoms with E-state index in [1.807, 2.05) is 0 Å². The Hall–Kier alpha value is -0.670. The Kier molecular flexibility index (Phi) is 2.79. The second-order valence-corrected chi connectivity index (χ2v) is 2.81. The number of halogens is 1. The van der Waals surface area contributed by atoms with Crippen LogP contribution in [0.15, 0.2) is 12.4 Å². The molecule has 0 amide bonds. The molecule has 60 valence electrons. The fourth-order valence-electron chi connectivity index (χ4n) is 0.709. The molecule has 0 bridgehead atoms. The minimum Gasteiger partial charge on any atom is -0.393 e. The summed E-state index contributed by atoms with van der Waals surface area (Å²) in [6.07, 6.45) is 3.10. The van der Waals surface area contributed by atoms with Crippen molar-refractivity contribution < 1.29 is 5.11 Å². The summed E-state index contributed by atoms with van der Waals surface area (Å²) in [7, 11) is 0. The van der Waals surface area contributed by atoms with Crippen LogP contribution in [0.1, 0.15) is 12.7 Å². The number of hydrogen-bond donors (Lipinski definition) is 1. The molecule has 0 fully saturated rings. The Labute approximate surface area is 70.1 Å². The van der Waals surface area contributed by atoms with Gasteiger partial charge in [-0.05, 0) is 6.92 Å². The fraction of sp³-hybridized carbons (Fsp3) is 0.429. The molecule has 1 heterocycles. The highest BCUT2D eigenvalue weighted by Crippen LogP contribution is 2.03. The molecule has 0 aliphatic heterocycles. The number of rotatable bonds is 2. The summed E-state index contributed by atoms with van der Waals surface area (Å²) in [5, 5.41) is 9.48. The third kappa shape index (κ3) is 2.82. The number of aliphatic hydroxyl groups is 1. The zero-order valence-corrected chi connectivity index (χ0v) is 6.91. The first-order valence-corrected chi connectivity index (χ1v) is 3.71. The second kappa shape index (κ2) is 3.64. The zero-order chi connectivity index (χ0) is 8.27. The summed E-state index contributed by atoms with van der Waals surface area (Å²) < 4.78 is 0. The van der Waals surface area contributed by atoms with Crippen LogP contribution < -0.4 is 0 Å². The molecule has 1 atom stereocenters. The molecule has 4 heteroatoms. The van der Waals surface area contributed by atoms with Gasteiger partial charge in [-0.3, -0.25) is 0 Å². The van der Waals surface area contributed by atoms with E-state index < -0.39 is 6.10 Å². The molecule has 0 radical (unpaired) electrons. The fourth-order valence-corrected chi connectivity index (χ4v) is 0.806. The molecule has 0 aliphatic carbocycles. The van der Waals surface area contributed by atoms with Gasteiger partial charge in [0.15, 0.2) is 0 Å². The Bertz CT molecular complexity index is 222. The Balaban J connectivity index is 2.66. The van der Waals surface area contributed by atoms with Crippen molar-refractivity contribution in [2.24, 2.45) is 0 Å². The van der Waals surface area contributed by atoms with Gasteiger partial charge in [0.05, 0.1) is 11.1 Å². The van der Waals surface area contributed by atoms with Crippen LogP contribution in [-0.2, 0) is 6.42 Å². The highest BCUT2D eigenvalue weighted by molar-refractivity contribution is 6.30. The van der Waals surface area contributed by atoms with Crippen molar-refractivity contribution >= 4 is 11.6 Å². The van der Waals surface area contributed by atoms with Crippen molar-refractivity contribution in [2.45, 2.75) is 19.4 Å². The van der Waals surface area contributed by atoms with Crippen LogP contribution in [0.4, 0.5) is 0 Å². The van der Waals surface area contributed by atoms with Gasteiger partial charge in [0.1, 0.15) is 5.82 Å². The summed E-state index contributed by atoms with van der Waals surface area (Å²) in [5.74, 6) is 0.615. The van der Waals surface area contributed by atoms with Gasteiger partial charge in [-0.2, -0.15) is 0 Å². The summed E-state index contributed by atoms with van der Waals surface area (Å²) in [6.45, 7) is 1.69. The van der Waals surface area contributed by atoms with Crippen molar-refractivity contribution in [1.29, 1.82) is 0 Å². The summed E-state index contributed by atoms with van der Waals surface area (Å²) in [6, 6.07) is 0. The van der Waals surface area contributed by atoms with Crippen molar-refractivity contribution in [3.8, 4) is 0 Å². The normalized spacial score (nSPS) is 13.0. The molecule has 0 saturated heterocycles. The maximum atomic E-state index is 8.96. The minimum atomic E-state index is -0.406. The molecule has 1 N–H and O–H groups in total. The lowest BCUT2D eigenvalue weighted by molar-refractivity contribution is 0.193. The molecule has 3 nitrogen and oxygen atoms in total. The lowest BCUT2D eigenvalue weighted by Crippen LogP contribution is -2.07. The molecule has 1 aromatic heterocycles. The first-order valence-electron chi connectivity index (χ1n) is 3.33. The SMILES string of the molecule is CC(O)Cc1ncc(Cl)cn1. The molecule has 1 rings (SSSR count). The van der Waals surface area contributed by atoms with Gasteiger partial charge in [0.2, 0.25) is 0 Å². The second-order valence-electron chi connectivity index (χ2n) is 2.37. The zero-order valence-electron chi connectivity index (χ0n) is 6.16. The van der Waals surface area contributed by atoms with Gasteiger partial charge in [0, 0.05) is 18.8 Å². The van der Waals surface area contributed by atoms with Gasteiger partial charge >= 0.3 is 0 Å².